The second-order valence-corrected chi connectivity index (χ2v) is 4.65. The molecule has 3 rings (SSSR count). The van der Waals surface area contributed by atoms with E-state index in [0.717, 1.165) is 54.2 Å². The fourth-order valence-corrected chi connectivity index (χ4v) is 2.22. The molecule has 1 aromatic heterocycles. The zero-order valence-corrected chi connectivity index (χ0v) is 11.1. The van der Waals surface area contributed by atoms with Crippen LogP contribution < -0.4 is 9.47 Å². The van der Waals surface area contributed by atoms with Gasteiger partial charge in [-0.15, -0.1) is 0 Å². The lowest BCUT2D eigenvalue weighted by Gasteiger charge is -2.05. The van der Waals surface area contributed by atoms with E-state index in [9.17, 15) is 0 Å². The average Bonchev–Trinajstić information content (AvgIpc) is 2.65. The first-order chi connectivity index (χ1) is 9.36. The first-order valence-corrected chi connectivity index (χ1v) is 6.64. The zero-order chi connectivity index (χ0) is 13.1. The van der Waals surface area contributed by atoms with E-state index in [1.165, 1.54) is 0 Å². The van der Waals surface area contributed by atoms with Crippen molar-refractivity contribution in [3.63, 3.8) is 0 Å². The SMILES string of the molecule is COCCCc1nc2cc3c(cc2[nH]1)OCCCO3. The fraction of sp³-hybridized carbons (Fsp3) is 0.500. The Morgan fingerprint density at radius 2 is 2.05 bits per heavy atom. The molecule has 0 aliphatic carbocycles. The van der Waals surface area contributed by atoms with Gasteiger partial charge in [-0.25, -0.2) is 4.98 Å². The van der Waals surface area contributed by atoms with Crippen LogP contribution in [-0.4, -0.2) is 36.9 Å². The van der Waals surface area contributed by atoms with E-state index in [2.05, 4.69) is 9.97 Å². The number of ether oxygens (including phenoxy) is 3. The van der Waals surface area contributed by atoms with E-state index < -0.39 is 0 Å². The van der Waals surface area contributed by atoms with E-state index >= 15 is 0 Å². The second-order valence-electron chi connectivity index (χ2n) is 4.65. The van der Waals surface area contributed by atoms with E-state index in [-0.39, 0.29) is 0 Å². The van der Waals surface area contributed by atoms with E-state index in [1.807, 2.05) is 12.1 Å². The van der Waals surface area contributed by atoms with Crippen LogP contribution in [-0.2, 0) is 11.2 Å². The number of benzene rings is 1. The van der Waals surface area contributed by atoms with Gasteiger partial charge in [0.15, 0.2) is 11.5 Å². The predicted octanol–water partition coefficient (Wildman–Crippen LogP) is 2.30. The van der Waals surface area contributed by atoms with Gasteiger partial charge < -0.3 is 19.2 Å². The molecule has 0 saturated heterocycles. The molecule has 19 heavy (non-hydrogen) atoms. The highest BCUT2D eigenvalue weighted by Gasteiger charge is 2.13. The van der Waals surface area contributed by atoms with Gasteiger partial charge in [-0.05, 0) is 6.42 Å². The summed E-state index contributed by atoms with van der Waals surface area (Å²) in [6, 6.07) is 3.93. The lowest BCUT2D eigenvalue weighted by molar-refractivity contribution is 0.194. The van der Waals surface area contributed by atoms with Gasteiger partial charge in [0.2, 0.25) is 0 Å². The molecule has 0 spiro atoms. The van der Waals surface area contributed by atoms with Crippen LogP contribution in [0.25, 0.3) is 11.0 Å². The highest BCUT2D eigenvalue weighted by atomic mass is 16.5. The molecule has 1 aliphatic rings. The van der Waals surface area contributed by atoms with E-state index in [0.29, 0.717) is 13.2 Å². The first-order valence-electron chi connectivity index (χ1n) is 6.64. The third kappa shape index (κ3) is 2.66. The lowest BCUT2D eigenvalue weighted by atomic mass is 10.3. The number of aromatic amines is 1. The summed E-state index contributed by atoms with van der Waals surface area (Å²) in [4.78, 5) is 7.90. The monoisotopic (exact) mass is 262 g/mol. The Labute approximate surface area is 111 Å². The number of hydrogen-bond acceptors (Lipinski definition) is 4. The van der Waals surface area contributed by atoms with Gasteiger partial charge in [-0.1, -0.05) is 0 Å². The third-order valence-electron chi connectivity index (χ3n) is 3.16. The number of H-pyrrole nitrogens is 1. The van der Waals surface area contributed by atoms with Crippen molar-refractivity contribution < 1.29 is 14.2 Å². The Hall–Kier alpha value is -1.75. The largest absolute Gasteiger partial charge is 0.489 e. The third-order valence-corrected chi connectivity index (χ3v) is 3.16. The Morgan fingerprint density at radius 1 is 1.26 bits per heavy atom. The molecular formula is C14H18N2O3. The molecule has 0 amide bonds. The smallest absolute Gasteiger partial charge is 0.163 e. The highest BCUT2D eigenvalue weighted by molar-refractivity contribution is 5.79. The molecule has 0 radical (unpaired) electrons. The number of methoxy groups -OCH3 is 1. The highest BCUT2D eigenvalue weighted by Crippen LogP contribution is 2.33. The van der Waals surface area contributed by atoms with Crippen LogP contribution in [0.3, 0.4) is 0 Å². The summed E-state index contributed by atoms with van der Waals surface area (Å²) in [7, 11) is 1.71. The van der Waals surface area contributed by atoms with Crippen molar-refractivity contribution in [2.24, 2.45) is 0 Å². The Morgan fingerprint density at radius 3 is 2.84 bits per heavy atom. The van der Waals surface area contributed by atoms with Crippen molar-refractivity contribution in [3.8, 4) is 11.5 Å². The molecule has 1 N–H and O–H groups in total. The van der Waals surface area contributed by atoms with Crippen LogP contribution in [0.15, 0.2) is 12.1 Å². The van der Waals surface area contributed by atoms with Crippen LogP contribution in [0, 0.1) is 0 Å². The molecule has 0 fully saturated rings. The molecule has 2 heterocycles. The normalized spacial score (nSPS) is 14.6. The van der Waals surface area contributed by atoms with Gasteiger partial charge in [0, 0.05) is 38.7 Å². The topological polar surface area (TPSA) is 56.4 Å². The molecule has 0 bridgehead atoms. The number of rotatable bonds is 4. The van der Waals surface area contributed by atoms with Crippen LogP contribution in [0.4, 0.5) is 0 Å². The molecule has 1 aliphatic heterocycles. The number of nitrogens with zero attached hydrogens (tertiary/aromatic N) is 1. The summed E-state index contributed by atoms with van der Waals surface area (Å²) in [5.74, 6) is 2.57. The van der Waals surface area contributed by atoms with Crippen LogP contribution >= 0.6 is 0 Å². The molecule has 0 atom stereocenters. The van der Waals surface area contributed by atoms with Gasteiger partial charge in [0.1, 0.15) is 5.82 Å². The van der Waals surface area contributed by atoms with Crippen molar-refractivity contribution in [1.82, 2.24) is 9.97 Å². The maximum absolute atomic E-state index is 5.67. The van der Waals surface area contributed by atoms with E-state index in [1.54, 1.807) is 7.11 Å². The summed E-state index contributed by atoms with van der Waals surface area (Å²) in [5, 5.41) is 0. The maximum atomic E-state index is 5.67. The van der Waals surface area contributed by atoms with Crippen molar-refractivity contribution in [3.05, 3.63) is 18.0 Å². The number of fused-ring (bicyclic) bond motifs is 2. The molecule has 0 saturated carbocycles. The number of aryl methyl sites for hydroxylation is 1. The number of nitrogens with one attached hydrogen (secondary N) is 1. The maximum Gasteiger partial charge on any atom is 0.163 e. The van der Waals surface area contributed by atoms with Crippen molar-refractivity contribution in [2.45, 2.75) is 19.3 Å². The summed E-state index contributed by atoms with van der Waals surface area (Å²) < 4.78 is 16.4. The van der Waals surface area contributed by atoms with Gasteiger partial charge in [0.05, 0.1) is 24.2 Å². The number of hydrogen-bond donors (Lipinski definition) is 1. The molecule has 0 unspecified atom stereocenters. The van der Waals surface area contributed by atoms with Crippen molar-refractivity contribution in [2.75, 3.05) is 26.9 Å². The standard InChI is InChI=1S/C14H18N2O3/c1-17-5-2-4-14-15-10-8-12-13(9-11(10)16-14)19-7-3-6-18-12/h8-9H,2-7H2,1H3,(H,15,16). The minimum absolute atomic E-state index is 0.698. The zero-order valence-electron chi connectivity index (χ0n) is 11.1. The Bertz CT molecular complexity index is 522. The lowest BCUT2D eigenvalue weighted by Crippen LogP contribution is -1.97. The minimum Gasteiger partial charge on any atom is -0.489 e. The molecule has 5 nitrogen and oxygen atoms in total. The molecule has 102 valence electrons. The quantitative estimate of drug-likeness (QED) is 0.859. The molecule has 5 heteroatoms. The van der Waals surface area contributed by atoms with Crippen LogP contribution in [0.1, 0.15) is 18.7 Å². The fourth-order valence-electron chi connectivity index (χ4n) is 2.22. The molecule has 2 aromatic rings. The molecule has 1 aromatic carbocycles. The van der Waals surface area contributed by atoms with Gasteiger partial charge >= 0.3 is 0 Å². The summed E-state index contributed by atoms with van der Waals surface area (Å²) >= 11 is 0. The summed E-state index contributed by atoms with van der Waals surface area (Å²) in [6.07, 6.45) is 2.76. The number of imidazole rings is 1. The average molecular weight is 262 g/mol. The summed E-state index contributed by atoms with van der Waals surface area (Å²) in [6.45, 7) is 2.15. The van der Waals surface area contributed by atoms with Crippen LogP contribution in [0.5, 0.6) is 11.5 Å². The predicted molar refractivity (Wildman–Crippen MR) is 71.9 cm³/mol. The van der Waals surface area contributed by atoms with Crippen molar-refractivity contribution >= 4 is 11.0 Å². The first kappa shape index (κ1) is 12.3. The van der Waals surface area contributed by atoms with Gasteiger partial charge in [0.25, 0.3) is 0 Å². The Kier molecular flexibility index (Phi) is 3.55. The second kappa shape index (κ2) is 5.48. The van der Waals surface area contributed by atoms with Crippen LogP contribution in [0.2, 0.25) is 0 Å². The van der Waals surface area contributed by atoms with Crippen molar-refractivity contribution in [1.29, 1.82) is 0 Å². The Balaban J connectivity index is 1.86. The number of aromatic nitrogens is 2. The van der Waals surface area contributed by atoms with Gasteiger partial charge in [-0.3, -0.25) is 0 Å². The minimum atomic E-state index is 0.698. The van der Waals surface area contributed by atoms with E-state index in [4.69, 9.17) is 14.2 Å². The van der Waals surface area contributed by atoms with Gasteiger partial charge in [-0.2, -0.15) is 0 Å². The summed E-state index contributed by atoms with van der Waals surface area (Å²) in [5.41, 5.74) is 1.92. The molecular weight excluding hydrogens is 244 g/mol.